The Hall–Kier alpha value is -3.95. The second-order valence-corrected chi connectivity index (χ2v) is 9.00. The molecule has 7 nitrogen and oxygen atoms in total. The van der Waals surface area contributed by atoms with E-state index in [0.29, 0.717) is 35.6 Å². The quantitative estimate of drug-likeness (QED) is 0.404. The third kappa shape index (κ3) is 4.27. The minimum Gasteiger partial charge on any atom is -0.450 e. The lowest BCUT2D eigenvalue weighted by atomic mass is 9.71. The van der Waals surface area contributed by atoms with E-state index in [1.807, 2.05) is 0 Å². The minimum atomic E-state index is -4.73. The summed E-state index contributed by atoms with van der Waals surface area (Å²) in [7, 11) is 0. The van der Waals surface area contributed by atoms with E-state index in [4.69, 9.17) is 4.74 Å². The van der Waals surface area contributed by atoms with Gasteiger partial charge in [-0.25, -0.2) is 0 Å². The lowest BCUT2D eigenvalue weighted by Gasteiger charge is -2.37. The summed E-state index contributed by atoms with van der Waals surface area (Å²) in [6.07, 6.45) is -0.977. The predicted octanol–water partition coefficient (Wildman–Crippen LogP) is 6.11. The van der Waals surface area contributed by atoms with Gasteiger partial charge in [-0.3, -0.25) is 19.7 Å². The van der Waals surface area contributed by atoms with Gasteiger partial charge in [0.05, 0.1) is 10.5 Å². The molecule has 1 heterocycles. The molecule has 0 saturated carbocycles. The van der Waals surface area contributed by atoms with Crippen LogP contribution < -0.4 is 10.1 Å². The summed E-state index contributed by atoms with van der Waals surface area (Å²) in [5, 5.41) is 14.7. The minimum absolute atomic E-state index is 0.000575. The van der Waals surface area contributed by atoms with Crippen molar-refractivity contribution in [2.75, 3.05) is 0 Å². The molecule has 2 aliphatic carbocycles. The molecular formula is C26H21F3N2O5. The fraction of sp³-hybridized carbons (Fsp3) is 0.308. The number of allylic oxidation sites excluding steroid dienone is 4. The van der Waals surface area contributed by atoms with E-state index >= 15 is 0 Å². The number of nitro benzene ring substituents is 1. The van der Waals surface area contributed by atoms with Gasteiger partial charge in [0.15, 0.2) is 11.6 Å². The van der Waals surface area contributed by atoms with Crippen LogP contribution in [0.25, 0.3) is 0 Å². The molecule has 36 heavy (non-hydrogen) atoms. The van der Waals surface area contributed by atoms with Gasteiger partial charge in [0, 0.05) is 47.4 Å². The van der Waals surface area contributed by atoms with Gasteiger partial charge < -0.3 is 10.1 Å². The lowest BCUT2D eigenvalue weighted by molar-refractivity contribution is -0.385. The van der Waals surface area contributed by atoms with Crippen LogP contribution in [0.1, 0.15) is 55.6 Å². The maximum Gasteiger partial charge on any atom is 0.416 e. The highest BCUT2D eigenvalue weighted by Crippen LogP contribution is 2.45. The molecule has 0 saturated heterocycles. The first-order valence-corrected chi connectivity index (χ1v) is 11.6. The molecule has 0 bridgehead atoms. The first kappa shape index (κ1) is 23.8. The number of hydrogen-bond acceptors (Lipinski definition) is 6. The zero-order chi connectivity index (χ0) is 25.6. The van der Waals surface area contributed by atoms with Crippen LogP contribution in [-0.2, 0) is 15.8 Å². The van der Waals surface area contributed by atoms with Crippen LogP contribution in [0.15, 0.2) is 65.0 Å². The number of ketones is 2. The summed E-state index contributed by atoms with van der Waals surface area (Å²) in [5.41, 5.74) is 1.65. The molecule has 0 spiro atoms. The summed E-state index contributed by atoms with van der Waals surface area (Å²) in [6.45, 7) is 0. The summed E-state index contributed by atoms with van der Waals surface area (Å²) >= 11 is 0. The number of nitro groups is 1. The Kier molecular flexibility index (Phi) is 5.89. The first-order valence-electron chi connectivity index (χ1n) is 11.6. The fourth-order valence-corrected chi connectivity index (χ4v) is 5.09. The molecule has 0 atom stereocenters. The van der Waals surface area contributed by atoms with Crippen molar-refractivity contribution in [1.82, 2.24) is 5.32 Å². The third-order valence-electron chi connectivity index (χ3n) is 6.72. The number of benzene rings is 2. The molecule has 0 fully saturated rings. The van der Waals surface area contributed by atoms with Crippen LogP contribution in [0.2, 0.25) is 0 Å². The standard InChI is InChI=1S/C26H21F3N2O5/c27-26(28,29)15-9-12-22(19(13-15)31(34)35)36-16-10-7-14(8-11-16)23-24-17(3-1-5-20(24)32)30-18-4-2-6-21(33)25(18)23/h7-13,23,30H,1-6H2. The maximum absolute atomic E-state index is 13.0. The normalized spacial score (nSPS) is 18.5. The molecule has 1 N–H and O–H groups in total. The van der Waals surface area contributed by atoms with Crippen LogP contribution in [0.4, 0.5) is 18.9 Å². The summed E-state index contributed by atoms with van der Waals surface area (Å²) in [6, 6.07) is 8.48. The van der Waals surface area contributed by atoms with Crippen molar-refractivity contribution < 1.29 is 32.4 Å². The predicted molar refractivity (Wildman–Crippen MR) is 122 cm³/mol. The van der Waals surface area contributed by atoms with Gasteiger partial charge in [0.25, 0.3) is 0 Å². The van der Waals surface area contributed by atoms with E-state index in [1.54, 1.807) is 12.1 Å². The summed E-state index contributed by atoms with van der Waals surface area (Å²) in [4.78, 5) is 36.2. The smallest absolute Gasteiger partial charge is 0.416 e. The second kappa shape index (κ2) is 8.92. The zero-order valence-corrected chi connectivity index (χ0v) is 19.0. The molecule has 2 aromatic rings. The average molecular weight is 498 g/mol. The first-order chi connectivity index (χ1) is 17.1. The largest absolute Gasteiger partial charge is 0.450 e. The van der Waals surface area contributed by atoms with Crippen molar-refractivity contribution in [3.63, 3.8) is 0 Å². The number of dihydropyridines is 1. The maximum atomic E-state index is 13.0. The van der Waals surface area contributed by atoms with Crippen LogP contribution in [0.3, 0.4) is 0 Å². The van der Waals surface area contributed by atoms with Crippen LogP contribution >= 0.6 is 0 Å². The number of hydrogen-bond donors (Lipinski definition) is 1. The van der Waals surface area contributed by atoms with E-state index in [9.17, 15) is 32.9 Å². The topological polar surface area (TPSA) is 98.5 Å². The van der Waals surface area contributed by atoms with E-state index in [2.05, 4.69) is 5.32 Å². The monoisotopic (exact) mass is 498 g/mol. The van der Waals surface area contributed by atoms with Gasteiger partial charge in [-0.2, -0.15) is 13.2 Å². The number of ether oxygens (including phenoxy) is 1. The zero-order valence-electron chi connectivity index (χ0n) is 19.0. The molecule has 0 unspecified atom stereocenters. The number of carbonyl (C=O) groups excluding carboxylic acids is 2. The van der Waals surface area contributed by atoms with E-state index in [-0.39, 0.29) is 23.1 Å². The fourth-order valence-electron chi connectivity index (χ4n) is 5.09. The summed E-state index contributed by atoms with van der Waals surface area (Å²) < 4.78 is 44.5. The molecular weight excluding hydrogens is 477 g/mol. The lowest BCUT2D eigenvalue weighted by Crippen LogP contribution is -2.36. The van der Waals surface area contributed by atoms with E-state index < -0.39 is 28.3 Å². The number of Topliss-reactive ketones (excluding diaryl/α,β-unsaturated/α-hetero) is 2. The molecule has 5 rings (SSSR count). The molecule has 0 amide bonds. The van der Waals surface area contributed by atoms with Gasteiger partial charge in [-0.15, -0.1) is 0 Å². The van der Waals surface area contributed by atoms with Crippen LogP contribution in [0, 0.1) is 10.1 Å². The SMILES string of the molecule is O=C1CCCC2=C1C(c1ccc(Oc3ccc(C(F)(F)F)cc3[N+](=O)[O-])cc1)C1=C(CCCC1=O)N2. The van der Waals surface area contributed by atoms with Gasteiger partial charge in [-0.05, 0) is 55.5 Å². The number of halogens is 3. The van der Waals surface area contributed by atoms with Crippen molar-refractivity contribution in [3.05, 3.63) is 86.2 Å². The molecule has 0 aromatic heterocycles. The van der Waals surface area contributed by atoms with E-state index in [0.717, 1.165) is 49.2 Å². The Bertz CT molecular complexity index is 1300. The van der Waals surface area contributed by atoms with Gasteiger partial charge in [-0.1, -0.05) is 12.1 Å². The molecule has 2 aromatic carbocycles. The Morgan fingerprint density at radius 1 is 0.889 bits per heavy atom. The van der Waals surface area contributed by atoms with Gasteiger partial charge in [0.1, 0.15) is 5.75 Å². The third-order valence-corrected chi connectivity index (χ3v) is 6.72. The Labute approximate surface area is 203 Å². The van der Waals surface area contributed by atoms with Crippen LogP contribution in [0.5, 0.6) is 11.5 Å². The van der Waals surface area contributed by atoms with Crippen LogP contribution in [-0.4, -0.2) is 16.5 Å². The average Bonchev–Trinajstić information content (AvgIpc) is 2.83. The van der Waals surface area contributed by atoms with E-state index in [1.165, 1.54) is 12.1 Å². The summed E-state index contributed by atoms with van der Waals surface area (Å²) in [5.74, 6) is -0.670. The van der Waals surface area contributed by atoms with Crippen molar-refractivity contribution in [2.24, 2.45) is 0 Å². The molecule has 3 aliphatic rings. The van der Waals surface area contributed by atoms with Gasteiger partial charge in [0.2, 0.25) is 5.75 Å². The van der Waals surface area contributed by atoms with Crippen molar-refractivity contribution in [1.29, 1.82) is 0 Å². The van der Waals surface area contributed by atoms with Crippen molar-refractivity contribution in [3.8, 4) is 11.5 Å². The van der Waals surface area contributed by atoms with Crippen molar-refractivity contribution >= 4 is 17.3 Å². The number of nitrogens with one attached hydrogen (secondary N) is 1. The number of nitrogens with zero attached hydrogens (tertiary/aromatic N) is 1. The number of carbonyl (C=O) groups is 2. The Balaban J connectivity index is 1.49. The molecule has 10 heteroatoms. The highest BCUT2D eigenvalue weighted by molar-refractivity contribution is 6.06. The second-order valence-electron chi connectivity index (χ2n) is 9.00. The van der Waals surface area contributed by atoms with Gasteiger partial charge >= 0.3 is 11.9 Å². The highest BCUT2D eigenvalue weighted by Gasteiger charge is 2.40. The Morgan fingerprint density at radius 3 is 2.00 bits per heavy atom. The number of alkyl halides is 3. The number of rotatable bonds is 4. The van der Waals surface area contributed by atoms with Crippen molar-refractivity contribution in [2.45, 2.75) is 50.6 Å². The molecule has 186 valence electrons. The highest BCUT2D eigenvalue weighted by atomic mass is 19.4. The molecule has 1 aliphatic heterocycles. The molecule has 0 radical (unpaired) electrons. The Morgan fingerprint density at radius 2 is 1.47 bits per heavy atom.